The van der Waals surface area contributed by atoms with Gasteiger partial charge < -0.3 is 20.1 Å². The Kier molecular flexibility index (Phi) is 11.9. The number of rotatable bonds is 12. The number of carbonyl (C=O) groups is 2. The fourth-order valence-electron chi connectivity index (χ4n) is 2.88. The van der Waals surface area contributed by atoms with Gasteiger partial charge in [-0.15, -0.1) is 0 Å². The zero-order valence-electron chi connectivity index (χ0n) is 18.9. The molecule has 0 spiro atoms. The number of ether oxygens (including phenoxy) is 2. The van der Waals surface area contributed by atoms with E-state index < -0.39 is 0 Å². The topological polar surface area (TPSA) is 88.7 Å². The first-order valence-electron chi connectivity index (χ1n) is 10.9. The number of thiocarbonyl (C=S) groups is 1. The number of hydrogen-bond acceptors (Lipinski definition) is 5. The molecular formula is C24H30BrN3O4S. The van der Waals surface area contributed by atoms with Crippen molar-refractivity contribution >= 4 is 50.8 Å². The summed E-state index contributed by atoms with van der Waals surface area (Å²) in [6.45, 7) is 3.70. The van der Waals surface area contributed by atoms with E-state index in [-0.39, 0.29) is 16.9 Å². The van der Waals surface area contributed by atoms with Crippen LogP contribution in [0, 0.1) is 0 Å². The van der Waals surface area contributed by atoms with Crippen LogP contribution in [-0.2, 0) is 4.74 Å². The third kappa shape index (κ3) is 9.49. The fourth-order valence-corrected chi connectivity index (χ4v) is 3.59. The number of methoxy groups -OCH3 is 1. The lowest BCUT2D eigenvalue weighted by molar-refractivity contribution is 0.0935. The van der Waals surface area contributed by atoms with E-state index >= 15 is 0 Å². The maximum Gasteiger partial charge on any atom is 0.257 e. The van der Waals surface area contributed by atoms with E-state index in [4.69, 9.17) is 21.7 Å². The Labute approximate surface area is 208 Å². The molecule has 0 saturated heterocycles. The van der Waals surface area contributed by atoms with E-state index in [1.54, 1.807) is 49.6 Å². The van der Waals surface area contributed by atoms with Gasteiger partial charge in [0, 0.05) is 30.5 Å². The monoisotopic (exact) mass is 535 g/mol. The molecule has 2 aromatic rings. The number of halogens is 1. The lowest BCUT2D eigenvalue weighted by Crippen LogP contribution is -2.34. The highest BCUT2D eigenvalue weighted by atomic mass is 79.9. The first kappa shape index (κ1) is 26.8. The molecule has 0 radical (unpaired) electrons. The average Bonchev–Trinajstić information content (AvgIpc) is 2.80. The molecule has 0 bridgehead atoms. The molecule has 7 nitrogen and oxygen atoms in total. The van der Waals surface area contributed by atoms with Gasteiger partial charge in [-0.2, -0.15) is 0 Å². The summed E-state index contributed by atoms with van der Waals surface area (Å²) in [5, 5.41) is 8.51. The van der Waals surface area contributed by atoms with E-state index in [0.717, 1.165) is 12.8 Å². The minimum atomic E-state index is -0.336. The minimum absolute atomic E-state index is 0.157. The Hall–Kier alpha value is -2.49. The largest absolute Gasteiger partial charge is 0.492 e. The van der Waals surface area contributed by atoms with Crippen molar-refractivity contribution in [3.8, 4) is 5.75 Å². The Balaban J connectivity index is 1.84. The molecule has 3 N–H and O–H groups in total. The van der Waals surface area contributed by atoms with Gasteiger partial charge >= 0.3 is 0 Å². The van der Waals surface area contributed by atoms with Crippen molar-refractivity contribution < 1.29 is 19.1 Å². The zero-order valence-corrected chi connectivity index (χ0v) is 21.3. The molecule has 178 valence electrons. The predicted molar refractivity (Wildman–Crippen MR) is 138 cm³/mol. The lowest BCUT2D eigenvalue weighted by atomic mass is 10.2. The lowest BCUT2D eigenvalue weighted by Gasteiger charge is -2.12. The van der Waals surface area contributed by atoms with E-state index in [0.29, 0.717) is 46.8 Å². The summed E-state index contributed by atoms with van der Waals surface area (Å²) in [6, 6.07) is 11.9. The van der Waals surface area contributed by atoms with Gasteiger partial charge in [-0.3, -0.25) is 14.9 Å². The Morgan fingerprint density at radius 1 is 0.970 bits per heavy atom. The second-order valence-electron chi connectivity index (χ2n) is 7.29. The maximum absolute atomic E-state index is 12.5. The summed E-state index contributed by atoms with van der Waals surface area (Å²) in [5.41, 5.74) is 1.62. The normalized spacial score (nSPS) is 10.4. The van der Waals surface area contributed by atoms with Gasteiger partial charge in [0.25, 0.3) is 11.8 Å². The van der Waals surface area contributed by atoms with Crippen LogP contribution in [0.4, 0.5) is 5.69 Å². The molecule has 0 aromatic heterocycles. The molecule has 33 heavy (non-hydrogen) atoms. The summed E-state index contributed by atoms with van der Waals surface area (Å²) in [7, 11) is 1.58. The molecule has 0 unspecified atom stereocenters. The summed E-state index contributed by atoms with van der Waals surface area (Å²) in [4.78, 5) is 24.6. The number of amides is 2. The van der Waals surface area contributed by atoms with Gasteiger partial charge in [-0.1, -0.05) is 26.2 Å². The molecule has 0 aliphatic rings. The van der Waals surface area contributed by atoms with Crippen LogP contribution in [0.5, 0.6) is 5.75 Å². The zero-order chi connectivity index (χ0) is 24.1. The van der Waals surface area contributed by atoms with Crippen LogP contribution in [0.2, 0.25) is 0 Å². The number of benzene rings is 2. The van der Waals surface area contributed by atoms with Crippen molar-refractivity contribution in [2.45, 2.75) is 32.6 Å². The second-order valence-corrected chi connectivity index (χ2v) is 8.55. The molecular weight excluding hydrogens is 506 g/mol. The SMILES string of the molecule is CCCCCCOc1ccc(C(=O)NC(=S)Nc2ccc(C(=O)NCCOC)cc2)cc1Br. The third-order valence-corrected chi connectivity index (χ3v) is 5.50. The minimum Gasteiger partial charge on any atom is -0.492 e. The number of nitrogens with one attached hydrogen (secondary N) is 3. The van der Waals surface area contributed by atoms with E-state index in [2.05, 4.69) is 38.8 Å². The summed E-state index contributed by atoms with van der Waals surface area (Å²) >= 11 is 8.71. The van der Waals surface area contributed by atoms with E-state index in [1.807, 2.05) is 0 Å². The van der Waals surface area contributed by atoms with Crippen molar-refractivity contribution in [2.75, 3.05) is 32.2 Å². The number of anilines is 1. The van der Waals surface area contributed by atoms with Gasteiger partial charge in [-0.25, -0.2) is 0 Å². The maximum atomic E-state index is 12.5. The molecule has 0 heterocycles. The first-order chi connectivity index (χ1) is 15.9. The quantitative estimate of drug-likeness (QED) is 0.264. The Morgan fingerprint density at radius 2 is 1.70 bits per heavy atom. The first-order valence-corrected chi connectivity index (χ1v) is 12.1. The van der Waals surface area contributed by atoms with Crippen LogP contribution < -0.4 is 20.7 Å². The van der Waals surface area contributed by atoms with Crippen molar-refractivity contribution in [2.24, 2.45) is 0 Å². The standard InChI is InChI=1S/C24H30BrN3O4S/c1-3-4-5-6-14-32-21-12-9-18(16-20(21)25)23(30)28-24(33)27-19-10-7-17(8-11-19)22(29)26-13-15-31-2/h7-12,16H,3-6,13-15H2,1-2H3,(H,26,29)(H2,27,28,30,33). The molecule has 2 aromatic carbocycles. The highest BCUT2D eigenvalue weighted by Gasteiger charge is 2.12. The molecule has 2 amide bonds. The van der Waals surface area contributed by atoms with Crippen LogP contribution in [0.1, 0.15) is 53.3 Å². The predicted octanol–water partition coefficient (Wildman–Crippen LogP) is 4.91. The van der Waals surface area contributed by atoms with Crippen molar-refractivity contribution in [3.05, 3.63) is 58.1 Å². The van der Waals surface area contributed by atoms with Gasteiger partial charge in [0.1, 0.15) is 5.75 Å². The van der Waals surface area contributed by atoms with E-state index in [9.17, 15) is 9.59 Å². The van der Waals surface area contributed by atoms with Crippen molar-refractivity contribution in [3.63, 3.8) is 0 Å². The molecule has 0 atom stereocenters. The van der Waals surface area contributed by atoms with Crippen LogP contribution in [0.25, 0.3) is 0 Å². The Bertz CT molecular complexity index is 938. The molecule has 0 aliphatic heterocycles. The van der Waals surface area contributed by atoms with Crippen LogP contribution in [0.15, 0.2) is 46.9 Å². The van der Waals surface area contributed by atoms with Gasteiger partial charge in [-0.05, 0) is 77.0 Å². The van der Waals surface area contributed by atoms with Crippen molar-refractivity contribution in [1.29, 1.82) is 0 Å². The summed E-state index contributed by atoms with van der Waals surface area (Å²) in [5.74, 6) is 0.181. The summed E-state index contributed by atoms with van der Waals surface area (Å²) in [6.07, 6.45) is 4.53. The van der Waals surface area contributed by atoms with E-state index in [1.165, 1.54) is 12.8 Å². The highest BCUT2D eigenvalue weighted by Crippen LogP contribution is 2.26. The molecule has 0 saturated carbocycles. The third-order valence-electron chi connectivity index (χ3n) is 4.67. The number of hydrogen-bond donors (Lipinski definition) is 3. The van der Waals surface area contributed by atoms with Crippen LogP contribution in [0.3, 0.4) is 0 Å². The van der Waals surface area contributed by atoms with Gasteiger partial charge in [0.05, 0.1) is 17.7 Å². The fraction of sp³-hybridized carbons (Fsp3) is 0.375. The second kappa shape index (κ2) is 14.6. The van der Waals surface area contributed by atoms with Crippen molar-refractivity contribution in [1.82, 2.24) is 10.6 Å². The molecule has 9 heteroatoms. The molecule has 0 fully saturated rings. The van der Waals surface area contributed by atoms with Gasteiger partial charge in [0.2, 0.25) is 0 Å². The van der Waals surface area contributed by atoms with Crippen LogP contribution in [-0.4, -0.2) is 43.8 Å². The molecule has 2 rings (SSSR count). The average molecular weight is 536 g/mol. The van der Waals surface area contributed by atoms with Gasteiger partial charge in [0.15, 0.2) is 5.11 Å². The highest BCUT2D eigenvalue weighted by molar-refractivity contribution is 9.10. The summed E-state index contributed by atoms with van der Waals surface area (Å²) < 4.78 is 11.4. The van der Waals surface area contributed by atoms with Crippen LogP contribution >= 0.6 is 28.1 Å². The number of unbranched alkanes of at least 4 members (excludes halogenated alkanes) is 3. The Morgan fingerprint density at radius 3 is 2.36 bits per heavy atom. The smallest absolute Gasteiger partial charge is 0.257 e. The molecule has 0 aliphatic carbocycles. The number of carbonyl (C=O) groups excluding carboxylic acids is 2.